The van der Waals surface area contributed by atoms with Crippen LogP contribution in [0.15, 0.2) is 36.4 Å². The topological polar surface area (TPSA) is 66.4 Å². The highest BCUT2D eigenvalue weighted by Crippen LogP contribution is 2.55. The van der Waals surface area contributed by atoms with Gasteiger partial charge in [-0.2, -0.15) is 0 Å². The van der Waals surface area contributed by atoms with Gasteiger partial charge in [-0.25, -0.2) is 8.78 Å². The zero-order valence-corrected chi connectivity index (χ0v) is 18.0. The third kappa shape index (κ3) is 3.64. The summed E-state index contributed by atoms with van der Waals surface area (Å²) >= 11 is 0. The van der Waals surface area contributed by atoms with Gasteiger partial charge in [0.05, 0.1) is 5.60 Å². The Morgan fingerprint density at radius 1 is 1.00 bits per heavy atom. The molecule has 0 heterocycles. The molecule has 0 radical (unpaired) electrons. The van der Waals surface area contributed by atoms with E-state index in [4.69, 9.17) is 0 Å². The van der Waals surface area contributed by atoms with Crippen LogP contribution in [0.25, 0.3) is 0 Å². The van der Waals surface area contributed by atoms with Crippen molar-refractivity contribution >= 4 is 11.7 Å². The summed E-state index contributed by atoms with van der Waals surface area (Å²) in [6.07, 6.45) is 5.09. The first kappa shape index (κ1) is 21.3. The Kier molecular flexibility index (Phi) is 5.16. The second-order valence-corrected chi connectivity index (χ2v) is 9.88. The van der Waals surface area contributed by atoms with E-state index in [0.29, 0.717) is 35.3 Å². The van der Waals surface area contributed by atoms with Crippen molar-refractivity contribution in [2.45, 2.75) is 57.1 Å². The number of hydrogen-bond acceptors (Lipinski definition) is 3. The Hall–Kier alpha value is -2.60. The third-order valence-corrected chi connectivity index (χ3v) is 7.71. The largest absolute Gasteiger partial charge is 0.390 e. The van der Waals surface area contributed by atoms with Crippen molar-refractivity contribution in [2.24, 2.45) is 17.8 Å². The average molecular weight is 440 g/mol. The number of carbonyl (C=O) groups is 2. The first-order valence-electron chi connectivity index (χ1n) is 11.4. The van der Waals surface area contributed by atoms with Crippen molar-refractivity contribution in [3.63, 3.8) is 0 Å². The van der Waals surface area contributed by atoms with Crippen molar-refractivity contribution in [1.82, 2.24) is 5.32 Å². The molecule has 2 N–H and O–H groups in total. The molecule has 6 heteroatoms. The molecular formula is C26H27F2NO3. The number of amides is 1. The molecular weight excluding hydrogens is 412 g/mol. The van der Waals surface area contributed by atoms with Gasteiger partial charge >= 0.3 is 0 Å². The van der Waals surface area contributed by atoms with Crippen molar-refractivity contribution < 1.29 is 23.5 Å². The zero-order chi connectivity index (χ0) is 22.6. The second kappa shape index (κ2) is 7.77. The lowest BCUT2D eigenvalue weighted by Gasteiger charge is -2.58. The van der Waals surface area contributed by atoms with E-state index < -0.39 is 23.0 Å². The number of halogens is 2. The minimum absolute atomic E-state index is 0.0645. The molecule has 2 atom stereocenters. The van der Waals surface area contributed by atoms with Gasteiger partial charge in [-0.05, 0) is 92.2 Å². The van der Waals surface area contributed by atoms with Gasteiger partial charge in [0.1, 0.15) is 0 Å². The Labute approximate surface area is 186 Å². The number of rotatable bonds is 5. The van der Waals surface area contributed by atoms with Gasteiger partial charge in [0.15, 0.2) is 17.4 Å². The molecule has 32 heavy (non-hydrogen) atoms. The maximum absolute atomic E-state index is 13.5. The fourth-order valence-corrected chi connectivity index (χ4v) is 6.50. The monoisotopic (exact) mass is 439 g/mol. The summed E-state index contributed by atoms with van der Waals surface area (Å²) in [5.74, 6) is -1.44. The lowest BCUT2D eigenvalue weighted by Crippen LogP contribution is -2.61. The smallest absolute Gasteiger partial charge is 0.251 e. The molecule has 168 valence electrons. The average Bonchev–Trinajstić information content (AvgIpc) is 2.76. The Morgan fingerprint density at radius 2 is 1.66 bits per heavy atom. The number of aliphatic hydroxyl groups is 1. The van der Waals surface area contributed by atoms with E-state index in [1.54, 1.807) is 18.2 Å². The maximum atomic E-state index is 13.5. The quantitative estimate of drug-likeness (QED) is 0.678. The summed E-state index contributed by atoms with van der Waals surface area (Å²) in [6, 6.07) is 8.04. The van der Waals surface area contributed by atoms with Gasteiger partial charge in [0.25, 0.3) is 5.91 Å². The van der Waals surface area contributed by atoms with Crippen LogP contribution in [-0.2, 0) is 6.42 Å². The SMILES string of the molecule is CCc1cc(C(=O)c2ccc(F)c(F)c2)ccc1C(=O)NC1C2CC3CC1CC(O)(C3)C2. The summed E-state index contributed by atoms with van der Waals surface area (Å²) in [6.45, 7) is 1.91. The van der Waals surface area contributed by atoms with E-state index in [0.717, 1.165) is 49.8 Å². The van der Waals surface area contributed by atoms with Crippen LogP contribution in [0.1, 0.15) is 70.9 Å². The van der Waals surface area contributed by atoms with Gasteiger partial charge in [0, 0.05) is 22.7 Å². The molecule has 4 bridgehead atoms. The summed E-state index contributed by atoms with van der Waals surface area (Å²) in [5.41, 5.74) is 1.12. The Morgan fingerprint density at radius 3 is 2.28 bits per heavy atom. The number of ketones is 1. The predicted octanol–water partition coefficient (Wildman–Crippen LogP) is 4.43. The highest BCUT2D eigenvalue weighted by molar-refractivity contribution is 6.09. The second-order valence-electron chi connectivity index (χ2n) is 9.88. The van der Waals surface area contributed by atoms with Crippen molar-refractivity contribution in [1.29, 1.82) is 0 Å². The summed E-state index contributed by atoms with van der Waals surface area (Å²) in [5, 5.41) is 14.0. The molecule has 4 aliphatic rings. The van der Waals surface area contributed by atoms with Crippen molar-refractivity contribution in [3.8, 4) is 0 Å². The zero-order valence-electron chi connectivity index (χ0n) is 18.0. The van der Waals surface area contributed by atoms with Crippen LogP contribution in [0.2, 0.25) is 0 Å². The molecule has 6 rings (SSSR count). The van der Waals surface area contributed by atoms with Crippen LogP contribution in [0.3, 0.4) is 0 Å². The van der Waals surface area contributed by atoms with Crippen LogP contribution in [0.4, 0.5) is 8.78 Å². The normalized spacial score (nSPS) is 30.4. The van der Waals surface area contributed by atoms with Gasteiger partial charge in [0.2, 0.25) is 0 Å². The van der Waals surface area contributed by atoms with Crippen LogP contribution < -0.4 is 5.32 Å². The maximum Gasteiger partial charge on any atom is 0.251 e. The molecule has 0 spiro atoms. The molecule has 2 aromatic carbocycles. The number of nitrogens with one attached hydrogen (secondary N) is 1. The fourth-order valence-electron chi connectivity index (χ4n) is 6.50. The van der Waals surface area contributed by atoms with Crippen LogP contribution in [0.5, 0.6) is 0 Å². The molecule has 2 aromatic rings. The van der Waals surface area contributed by atoms with Gasteiger partial charge < -0.3 is 10.4 Å². The lowest BCUT2D eigenvalue weighted by atomic mass is 9.52. The van der Waals surface area contributed by atoms with E-state index in [-0.39, 0.29) is 17.5 Å². The highest BCUT2D eigenvalue weighted by atomic mass is 19.2. The van der Waals surface area contributed by atoms with E-state index in [1.807, 2.05) is 6.92 Å². The molecule has 1 amide bonds. The first-order valence-corrected chi connectivity index (χ1v) is 11.4. The minimum Gasteiger partial charge on any atom is -0.390 e. The fraction of sp³-hybridized carbons (Fsp3) is 0.462. The van der Waals surface area contributed by atoms with Crippen LogP contribution in [0, 0.1) is 29.4 Å². The summed E-state index contributed by atoms with van der Waals surface area (Å²) in [7, 11) is 0. The van der Waals surface area contributed by atoms with Gasteiger partial charge in [-0.15, -0.1) is 0 Å². The van der Waals surface area contributed by atoms with Crippen molar-refractivity contribution in [2.75, 3.05) is 0 Å². The van der Waals surface area contributed by atoms with Crippen LogP contribution in [-0.4, -0.2) is 28.4 Å². The first-order chi connectivity index (χ1) is 15.3. The molecule has 2 unspecified atom stereocenters. The molecule has 4 saturated carbocycles. The summed E-state index contributed by atoms with van der Waals surface area (Å²) < 4.78 is 26.7. The Balaban J connectivity index is 1.35. The third-order valence-electron chi connectivity index (χ3n) is 7.71. The lowest BCUT2D eigenvalue weighted by molar-refractivity contribution is -0.136. The Bertz CT molecular complexity index is 1080. The molecule has 4 nitrogen and oxygen atoms in total. The molecule has 4 aliphatic carbocycles. The molecule has 0 saturated heterocycles. The van der Waals surface area contributed by atoms with Gasteiger partial charge in [-0.3, -0.25) is 9.59 Å². The molecule has 0 aliphatic heterocycles. The van der Waals surface area contributed by atoms with Crippen LogP contribution >= 0.6 is 0 Å². The molecule has 4 fully saturated rings. The number of hydrogen-bond donors (Lipinski definition) is 2. The minimum atomic E-state index is -1.07. The number of carbonyl (C=O) groups excluding carboxylic acids is 2. The predicted molar refractivity (Wildman–Crippen MR) is 115 cm³/mol. The van der Waals surface area contributed by atoms with E-state index in [1.165, 1.54) is 6.07 Å². The van der Waals surface area contributed by atoms with E-state index in [2.05, 4.69) is 5.32 Å². The standard InChI is InChI=1S/C26H27F2NO3/c1-2-15-9-16(24(30)17-4-6-21(27)22(28)10-17)3-5-20(15)25(31)29-23-18-7-14-8-19(23)13-26(32,11-14)12-18/h3-6,9-10,14,18-19,23,32H,2,7-8,11-13H2,1H3,(H,29,31). The number of benzene rings is 2. The molecule has 0 aromatic heterocycles. The van der Waals surface area contributed by atoms with Crippen molar-refractivity contribution in [3.05, 3.63) is 70.3 Å². The van der Waals surface area contributed by atoms with E-state index in [9.17, 15) is 23.5 Å². The van der Waals surface area contributed by atoms with E-state index >= 15 is 0 Å². The summed E-state index contributed by atoms with van der Waals surface area (Å²) in [4.78, 5) is 25.9. The highest BCUT2D eigenvalue weighted by Gasteiger charge is 2.55. The van der Waals surface area contributed by atoms with Gasteiger partial charge in [-0.1, -0.05) is 13.0 Å². The number of aryl methyl sites for hydroxylation is 1.